The summed E-state index contributed by atoms with van der Waals surface area (Å²) >= 11 is 7.75. The van der Waals surface area contributed by atoms with Crippen LogP contribution in [0.4, 0.5) is 0 Å². The van der Waals surface area contributed by atoms with Crippen molar-refractivity contribution in [2.45, 2.75) is 18.9 Å². The molecule has 0 amide bonds. The van der Waals surface area contributed by atoms with Crippen LogP contribution in [0.5, 0.6) is 0 Å². The molecule has 0 aliphatic rings. The van der Waals surface area contributed by atoms with E-state index in [1.807, 2.05) is 17.5 Å². The van der Waals surface area contributed by atoms with Crippen molar-refractivity contribution in [3.05, 3.63) is 57.2 Å². The molecule has 0 fully saturated rings. The Balaban J connectivity index is 2.00. The zero-order valence-electron chi connectivity index (χ0n) is 9.40. The van der Waals surface area contributed by atoms with Crippen molar-refractivity contribution in [3.8, 4) is 0 Å². The lowest BCUT2D eigenvalue weighted by molar-refractivity contribution is 0.524. The summed E-state index contributed by atoms with van der Waals surface area (Å²) in [7, 11) is 0. The van der Waals surface area contributed by atoms with E-state index in [4.69, 9.17) is 17.4 Å². The molecule has 0 saturated heterocycles. The van der Waals surface area contributed by atoms with E-state index in [0.717, 1.165) is 22.7 Å². The number of thiophene rings is 1. The highest BCUT2D eigenvalue weighted by Crippen LogP contribution is 2.30. The third-order valence-electron chi connectivity index (χ3n) is 2.73. The molecule has 2 rings (SSSR count). The van der Waals surface area contributed by atoms with Crippen LogP contribution < -0.4 is 11.3 Å². The summed E-state index contributed by atoms with van der Waals surface area (Å²) in [6.07, 6.45) is 1.94. The third-order valence-corrected chi connectivity index (χ3v) is 4.20. The van der Waals surface area contributed by atoms with E-state index in [9.17, 15) is 0 Å². The highest BCUT2D eigenvalue weighted by atomic mass is 35.5. The van der Waals surface area contributed by atoms with Gasteiger partial charge in [-0.15, -0.1) is 11.3 Å². The van der Waals surface area contributed by atoms with Crippen molar-refractivity contribution in [1.29, 1.82) is 0 Å². The van der Waals surface area contributed by atoms with Gasteiger partial charge in [0.05, 0.1) is 11.1 Å². The first-order valence-corrected chi connectivity index (χ1v) is 6.80. The second kappa shape index (κ2) is 6.17. The van der Waals surface area contributed by atoms with Crippen LogP contribution in [0, 0.1) is 0 Å². The van der Waals surface area contributed by atoms with Crippen molar-refractivity contribution in [2.24, 2.45) is 5.84 Å². The molecule has 1 aromatic carbocycles. The number of rotatable bonds is 5. The molecule has 1 aromatic heterocycles. The van der Waals surface area contributed by atoms with E-state index in [-0.39, 0.29) is 6.04 Å². The summed E-state index contributed by atoms with van der Waals surface area (Å²) in [5.41, 5.74) is 4.16. The molecule has 0 spiro atoms. The molecule has 4 heteroatoms. The fraction of sp³-hybridized carbons (Fsp3) is 0.231. The maximum absolute atomic E-state index is 6.11. The number of hydrogen-bond donors (Lipinski definition) is 2. The number of halogens is 1. The van der Waals surface area contributed by atoms with Crippen molar-refractivity contribution in [3.63, 3.8) is 0 Å². The predicted molar refractivity (Wildman–Crippen MR) is 74.2 cm³/mol. The van der Waals surface area contributed by atoms with Crippen molar-refractivity contribution in [1.82, 2.24) is 5.43 Å². The van der Waals surface area contributed by atoms with Crippen molar-refractivity contribution < 1.29 is 0 Å². The molecule has 2 aromatic rings. The van der Waals surface area contributed by atoms with E-state index < -0.39 is 0 Å². The Hall–Kier alpha value is -0.870. The van der Waals surface area contributed by atoms with Crippen LogP contribution >= 0.6 is 22.9 Å². The summed E-state index contributed by atoms with van der Waals surface area (Å²) in [6.45, 7) is 0. The number of nitrogens with one attached hydrogen (secondary N) is 1. The molecule has 0 aliphatic heterocycles. The lowest BCUT2D eigenvalue weighted by atomic mass is 10.0. The van der Waals surface area contributed by atoms with E-state index in [0.29, 0.717) is 0 Å². The van der Waals surface area contributed by atoms with Crippen LogP contribution in [0.1, 0.15) is 22.9 Å². The normalized spacial score (nSPS) is 12.6. The molecule has 0 aliphatic carbocycles. The predicted octanol–water partition coefficient (Wildman–Crippen LogP) is 3.54. The molecule has 3 N–H and O–H groups in total. The second-order valence-corrected chi connectivity index (χ2v) is 5.23. The van der Waals surface area contributed by atoms with Gasteiger partial charge in [-0.3, -0.25) is 11.3 Å². The van der Waals surface area contributed by atoms with Crippen LogP contribution in [0.25, 0.3) is 0 Å². The molecular formula is C13H15ClN2S. The van der Waals surface area contributed by atoms with Gasteiger partial charge in [-0.25, -0.2) is 0 Å². The summed E-state index contributed by atoms with van der Waals surface area (Å²) < 4.78 is 0. The van der Waals surface area contributed by atoms with Crippen molar-refractivity contribution in [2.75, 3.05) is 0 Å². The minimum atomic E-state index is 0.128. The molecule has 1 heterocycles. The Morgan fingerprint density at radius 3 is 2.59 bits per heavy atom. The topological polar surface area (TPSA) is 38.0 Å². The highest BCUT2D eigenvalue weighted by molar-refractivity contribution is 7.10. The van der Waals surface area contributed by atoms with E-state index in [1.165, 1.54) is 5.56 Å². The van der Waals surface area contributed by atoms with Crippen LogP contribution in [0.2, 0.25) is 5.02 Å². The smallest absolute Gasteiger partial charge is 0.0571 e. The lowest BCUT2D eigenvalue weighted by Crippen LogP contribution is -2.28. The van der Waals surface area contributed by atoms with E-state index in [2.05, 4.69) is 29.7 Å². The van der Waals surface area contributed by atoms with Crippen molar-refractivity contribution >= 4 is 22.9 Å². The number of aryl methyl sites for hydroxylation is 1. The van der Waals surface area contributed by atoms with Crippen LogP contribution in [0.3, 0.4) is 0 Å². The number of benzene rings is 1. The van der Waals surface area contributed by atoms with Crippen LogP contribution in [0.15, 0.2) is 41.8 Å². The maximum atomic E-state index is 6.11. The second-order valence-electron chi connectivity index (χ2n) is 3.88. The molecule has 90 valence electrons. The Morgan fingerprint density at radius 1 is 1.24 bits per heavy atom. The van der Waals surface area contributed by atoms with Gasteiger partial charge >= 0.3 is 0 Å². The van der Waals surface area contributed by atoms with E-state index in [1.54, 1.807) is 11.3 Å². The first-order chi connectivity index (χ1) is 8.31. The highest BCUT2D eigenvalue weighted by Gasteiger charge is 2.14. The van der Waals surface area contributed by atoms with Gasteiger partial charge in [-0.2, -0.15) is 0 Å². The SMILES string of the molecule is NNC(CCc1ccccc1)c1sccc1Cl. The minimum Gasteiger partial charge on any atom is -0.271 e. The molecule has 1 unspecified atom stereocenters. The number of hydrogen-bond acceptors (Lipinski definition) is 3. The van der Waals surface area contributed by atoms with Gasteiger partial charge in [0.1, 0.15) is 0 Å². The molecule has 0 bridgehead atoms. The first-order valence-electron chi connectivity index (χ1n) is 5.54. The zero-order valence-corrected chi connectivity index (χ0v) is 11.0. The average molecular weight is 267 g/mol. The Morgan fingerprint density at radius 2 is 2.00 bits per heavy atom. The largest absolute Gasteiger partial charge is 0.271 e. The quantitative estimate of drug-likeness (QED) is 0.642. The fourth-order valence-corrected chi connectivity index (χ4v) is 3.08. The van der Waals surface area contributed by atoms with Crippen LogP contribution in [-0.4, -0.2) is 0 Å². The fourth-order valence-electron chi connectivity index (χ4n) is 1.80. The molecular weight excluding hydrogens is 252 g/mol. The minimum absolute atomic E-state index is 0.128. The van der Waals surface area contributed by atoms with Gasteiger partial charge in [-0.05, 0) is 29.9 Å². The zero-order chi connectivity index (χ0) is 12.1. The molecule has 2 nitrogen and oxygen atoms in total. The Bertz CT molecular complexity index is 455. The van der Waals surface area contributed by atoms with Gasteiger partial charge in [-0.1, -0.05) is 41.9 Å². The standard InChI is InChI=1S/C13H15ClN2S/c14-11-8-9-17-13(11)12(16-15)7-6-10-4-2-1-3-5-10/h1-5,8-9,12,16H,6-7,15H2. The monoisotopic (exact) mass is 266 g/mol. The third kappa shape index (κ3) is 3.30. The summed E-state index contributed by atoms with van der Waals surface area (Å²) in [4.78, 5) is 1.12. The average Bonchev–Trinajstić information content (AvgIpc) is 2.78. The maximum Gasteiger partial charge on any atom is 0.0571 e. The molecule has 0 radical (unpaired) electrons. The van der Waals surface area contributed by atoms with Gasteiger partial charge < -0.3 is 0 Å². The summed E-state index contributed by atoms with van der Waals surface area (Å²) in [5.74, 6) is 5.60. The Kier molecular flexibility index (Phi) is 4.57. The molecule has 17 heavy (non-hydrogen) atoms. The van der Waals surface area contributed by atoms with Crippen LogP contribution in [-0.2, 0) is 6.42 Å². The number of nitrogens with two attached hydrogens (primary N) is 1. The molecule has 0 saturated carbocycles. The molecule has 1 atom stereocenters. The lowest BCUT2D eigenvalue weighted by Gasteiger charge is -2.14. The van der Waals surface area contributed by atoms with E-state index >= 15 is 0 Å². The van der Waals surface area contributed by atoms with Gasteiger partial charge in [0.15, 0.2) is 0 Å². The summed E-state index contributed by atoms with van der Waals surface area (Å²) in [6, 6.07) is 12.4. The van der Waals surface area contributed by atoms with Gasteiger partial charge in [0.2, 0.25) is 0 Å². The van der Waals surface area contributed by atoms with Gasteiger partial charge in [0, 0.05) is 4.88 Å². The summed E-state index contributed by atoms with van der Waals surface area (Å²) in [5, 5.41) is 2.79. The number of hydrazine groups is 1. The Labute approximate surface area is 110 Å². The first kappa shape index (κ1) is 12.6. The van der Waals surface area contributed by atoms with Gasteiger partial charge in [0.25, 0.3) is 0 Å².